The zero-order chi connectivity index (χ0) is 18.4. The minimum Gasteiger partial charge on any atom is -0.479 e. The van der Waals surface area contributed by atoms with Gasteiger partial charge >= 0.3 is 5.97 Å². The number of thioether (sulfide) groups is 1. The molecule has 0 radical (unpaired) electrons. The lowest BCUT2D eigenvalue weighted by molar-refractivity contribution is -0.142. The van der Waals surface area contributed by atoms with Gasteiger partial charge in [-0.05, 0) is 13.8 Å². The summed E-state index contributed by atoms with van der Waals surface area (Å²) in [6.45, 7) is 4.92. The summed E-state index contributed by atoms with van der Waals surface area (Å²) in [5.74, 6) is 0.790. The second-order valence-electron chi connectivity index (χ2n) is 5.19. The van der Waals surface area contributed by atoms with E-state index in [1.165, 1.54) is 11.8 Å². The Hall–Kier alpha value is -2.07. The first-order chi connectivity index (χ1) is 12.0. The highest BCUT2D eigenvalue weighted by molar-refractivity contribution is 8.00. The van der Waals surface area contributed by atoms with Crippen molar-refractivity contribution in [3.8, 4) is 17.3 Å². The monoisotopic (exact) mass is 369 g/mol. The van der Waals surface area contributed by atoms with Gasteiger partial charge in [-0.2, -0.15) is 0 Å². The van der Waals surface area contributed by atoms with Gasteiger partial charge in [-0.15, -0.1) is 15.3 Å². The van der Waals surface area contributed by atoms with Crippen molar-refractivity contribution >= 4 is 17.7 Å². The van der Waals surface area contributed by atoms with Crippen molar-refractivity contribution in [1.82, 2.24) is 24.5 Å². The second-order valence-corrected chi connectivity index (χ2v) is 6.50. The first-order valence-corrected chi connectivity index (χ1v) is 8.73. The maximum absolute atomic E-state index is 11.9. The molecule has 0 N–H and O–H groups in total. The molecule has 2 aromatic heterocycles. The third kappa shape index (κ3) is 4.51. The Morgan fingerprint density at radius 2 is 2.12 bits per heavy atom. The largest absolute Gasteiger partial charge is 0.479 e. The number of carbonyl (C=O) groups is 1. The zero-order valence-electron chi connectivity index (χ0n) is 15.1. The predicted molar refractivity (Wildman–Crippen MR) is 92.6 cm³/mol. The number of esters is 1. The van der Waals surface area contributed by atoms with Crippen LogP contribution < -0.4 is 4.74 Å². The number of carbonyl (C=O) groups excluding carboxylic acids is 1. The number of aromatic nitrogens is 5. The third-order valence-corrected chi connectivity index (χ3v) is 4.42. The molecule has 0 fully saturated rings. The Kier molecular flexibility index (Phi) is 6.82. The Balaban J connectivity index is 2.35. The van der Waals surface area contributed by atoms with Crippen LogP contribution in [0.4, 0.5) is 0 Å². The molecule has 0 saturated heterocycles. The number of aryl methyl sites for hydroxylation is 1. The maximum atomic E-state index is 11.9. The fourth-order valence-electron chi connectivity index (χ4n) is 2.20. The molecule has 0 spiro atoms. The molecule has 0 aliphatic heterocycles. The Bertz CT molecular complexity index is 715. The average Bonchev–Trinajstić information content (AvgIpc) is 3.15. The molecule has 0 saturated carbocycles. The zero-order valence-corrected chi connectivity index (χ0v) is 15.9. The Labute approximate surface area is 150 Å². The van der Waals surface area contributed by atoms with Crippen molar-refractivity contribution in [2.75, 3.05) is 27.4 Å². The minimum absolute atomic E-state index is 0.283. The topological polar surface area (TPSA) is 93.3 Å². The van der Waals surface area contributed by atoms with Crippen LogP contribution in [0.2, 0.25) is 0 Å². The number of rotatable bonds is 9. The van der Waals surface area contributed by atoms with E-state index in [1.54, 1.807) is 39.8 Å². The van der Waals surface area contributed by atoms with Crippen LogP contribution in [0.15, 0.2) is 11.4 Å². The smallest absolute Gasteiger partial charge is 0.319 e. The van der Waals surface area contributed by atoms with Gasteiger partial charge in [0.1, 0.15) is 10.8 Å². The third-order valence-electron chi connectivity index (χ3n) is 3.37. The molecule has 2 aromatic rings. The molecule has 0 aromatic carbocycles. The molecular weight excluding hydrogens is 346 g/mol. The summed E-state index contributed by atoms with van der Waals surface area (Å²) in [6.07, 6.45) is 1.81. The van der Waals surface area contributed by atoms with E-state index in [0.29, 0.717) is 36.6 Å². The molecule has 10 heteroatoms. The van der Waals surface area contributed by atoms with Crippen LogP contribution in [-0.4, -0.2) is 63.2 Å². The van der Waals surface area contributed by atoms with Gasteiger partial charge in [0.05, 0.1) is 26.9 Å². The van der Waals surface area contributed by atoms with Crippen LogP contribution in [-0.2, 0) is 27.9 Å². The lowest BCUT2D eigenvalue weighted by Crippen LogP contribution is -2.18. The van der Waals surface area contributed by atoms with Crippen LogP contribution in [0.3, 0.4) is 0 Å². The summed E-state index contributed by atoms with van der Waals surface area (Å²) >= 11 is 1.30. The van der Waals surface area contributed by atoms with Crippen molar-refractivity contribution in [2.45, 2.75) is 30.8 Å². The van der Waals surface area contributed by atoms with Gasteiger partial charge in [0, 0.05) is 20.4 Å². The van der Waals surface area contributed by atoms with Crippen LogP contribution >= 0.6 is 11.8 Å². The quantitative estimate of drug-likeness (QED) is 0.483. The number of hydrogen-bond acceptors (Lipinski definition) is 8. The van der Waals surface area contributed by atoms with E-state index < -0.39 is 5.25 Å². The summed E-state index contributed by atoms with van der Waals surface area (Å²) in [5.41, 5.74) is 0.726. The van der Waals surface area contributed by atoms with Gasteiger partial charge in [0.2, 0.25) is 5.88 Å². The van der Waals surface area contributed by atoms with Crippen LogP contribution in [0, 0.1) is 0 Å². The standard InChI is InChI=1S/C15H23N5O4S/c1-6-24-14(21)10(2)25-15-17-16-12(20(15)7-8-22-4)11-9-19(3)18-13(11)23-5/h9-10H,6-8H2,1-5H3. The summed E-state index contributed by atoms with van der Waals surface area (Å²) in [5, 5.41) is 13.0. The van der Waals surface area contributed by atoms with Crippen molar-refractivity contribution < 1.29 is 19.0 Å². The van der Waals surface area contributed by atoms with Crippen LogP contribution in [0.1, 0.15) is 13.8 Å². The van der Waals surface area contributed by atoms with E-state index >= 15 is 0 Å². The molecule has 1 atom stereocenters. The summed E-state index contributed by atoms with van der Waals surface area (Å²) in [7, 11) is 4.99. The molecule has 0 amide bonds. The summed E-state index contributed by atoms with van der Waals surface area (Å²) in [6, 6.07) is 0. The minimum atomic E-state index is -0.394. The number of ether oxygens (including phenoxy) is 3. The molecule has 9 nitrogen and oxygen atoms in total. The predicted octanol–water partition coefficient (Wildman–Crippen LogP) is 1.38. The highest BCUT2D eigenvalue weighted by atomic mass is 32.2. The Morgan fingerprint density at radius 3 is 2.76 bits per heavy atom. The highest BCUT2D eigenvalue weighted by Gasteiger charge is 2.24. The first kappa shape index (κ1) is 19.3. The number of hydrogen-bond donors (Lipinski definition) is 0. The van der Waals surface area contributed by atoms with Crippen molar-refractivity contribution in [1.29, 1.82) is 0 Å². The molecule has 0 bridgehead atoms. The van der Waals surface area contributed by atoms with Crippen LogP contribution in [0.5, 0.6) is 5.88 Å². The molecular formula is C15H23N5O4S. The van der Waals surface area contributed by atoms with Gasteiger partial charge < -0.3 is 14.2 Å². The van der Waals surface area contributed by atoms with E-state index in [9.17, 15) is 4.79 Å². The first-order valence-electron chi connectivity index (χ1n) is 7.85. The van der Waals surface area contributed by atoms with E-state index in [4.69, 9.17) is 14.2 Å². The van der Waals surface area contributed by atoms with Crippen LogP contribution in [0.25, 0.3) is 11.4 Å². The fraction of sp³-hybridized carbons (Fsp3) is 0.600. The molecule has 0 aliphatic carbocycles. The molecule has 1 unspecified atom stereocenters. The summed E-state index contributed by atoms with van der Waals surface area (Å²) in [4.78, 5) is 11.9. The van der Waals surface area contributed by atoms with Crippen molar-refractivity contribution in [3.05, 3.63) is 6.20 Å². The van der Waals surface area contributed by atoms with Gasteiger partial charge in [-0.1, -0.05) is 11.8 Å². The molecule has 2 heterocycles. The fourth-order valence-corrected chi connectivity index (χ4v) is 3.07. The van der Waals surface area contributed by atoms with Gasteiger partial charge in [-0.3, -0.25) is 14.0 Å². The van der Waals surface area contributed by atoms with E-state index in [2.05, 4.69) is 15.3 Å². The average molecular weight is 369 g/mol. The second kappa shape index (κ2) is 8.86. The van der Waals surface area contributed by atoms with E-state index in [0.717, 1.165) is 5.56 Å². The molecule has 25 heavy (non-hydrogen) atoms. The SMILES string of the molecule is CCOC(=O)C(C)Sc1nnc(-c2cn(C)nc2OC)n1CCOC. The van der Waals surface area contributed by atoms with Crippen molar-refractivity contribution in [3.63, 3.8) is 0 Å². The molecule has 0 aliphatic rings. The normalized spacial score (nSPS) is 12.2. The van der Waals surface area contributed by atoms with Gasteiger partial charge in [0.15, 0.2) is 11.0 Å². The lowest BCUT2D eigenvalue weighted by atomic mass is 10.3. The maximum Gasteiger partial charge on any atom is 0.319 e. The highest BCUT2D eigenvalue weighted by Crippen LogP contribution is 2.31. The van der Waals surface area contributed by atoms with Crippen molar-refractivity contribution in [2.24, 2.45) is 7.05 Å². The summed E-state index contributed by atoms with van der Waals surface area (Å²) < 4.78 is 19.1. The molecule has 2 rings (SSSR count). The number of methoxy groups -OCH3 is 2. The Morgan fingerprint density at radius 1 is 1.36 bits per heavy atom. The van der Waals surface area contributed by atoms with E-state index in [-0.39, 0.29) is 5.97 Å². The van der Waals surface area contributed by atoms with E-state index in [1.807, 2.05) is 10.8 Å². The number of nitrogens with zero attached hydrogens (tertiary/aromatic N) is 5. The van der Waals surface area contributed by atoms with Gasteiger partial charge in [0.25, 0.3) is 0 Å². The molecule has 138 valence electrons. The lowest BCUT2D eigenvalue weighted by Gasteiger charge is -2.12. The van der Waals surface area contributed by atoms with Gasteiger partial charge in [-0.25, -0.2) is 0 Å².